The third-order valence-corrected chi connectivity index (χ3v) is 9.21. The van der Waals surface area contributed by atoms with Crippen LogP contribution in [0.25, 0.3) is 32.5 Å². The van der Waals surface area contributed by atoms with Crippen molar-refractivity contribution in [3.8, 4) is 11.4 Å². The van der Waals surface area contributed by atoms with E-state index in [-0.39, 0.29) is 24.5 Å². The highest BCUT2D eigenvalue weighted by molar-refractivity contribution is 7.19. The Bertz CT molecular complexity index is 1630. The first kappa shape index (κ1) is 29.4. The maximum atomic E-state index is 12.8. The fraction of sp³-hybridized carbons (Fsp3) is 0.452. The second-order valence-corrected chi connectivity index (χ2v) is 12.1. The molecule has 1 aromatic carbocycles. The molecule has 2 saturated heterocycles. The lowest BCUT2D eigenvalue weighted by molar-refractivity contribution is -0.134. The largest absolute Gasteiger partial charge is 0.381 e. The van der Waals surface area contributed by atoms with Crippen molar-refractivity contribution in [2.24, 2.45) is 0 Å². The first-order chi connectivity index (χ1) is 21.0. The number of aromatic nitrogens is 4. The number of ketones is 1. The van der Waals surface area contributed by atoms with Gasteiger partial charge < -0.3 is 19.3 Å². The van der Waals surface area contributed by atoms with Gasteiger partial charge in [0.2, 0.25) is 5.91 Å². The van der Waals surface area contributed by atoms with Crippen LogP contribution in [0.3, 0.4) is 0 Å². The highest BCUT2D eigenvalue weighted by Crippen LogP contribution is 2.36. The van der Waals surface area contributed by atoms with Gasteiger partial charge in [0.1, 0.15) is 0 Å². The van der Waals surface area contributed by atoms with Crippen molar-refractivity contribution < 1.29 is 19.1 Å². The number of thiophene rings is 1. The molecule has 1 N–H and O–H groups in total. The standard InChI is InChI=1S/C31H37N7O4S/c1-21(8-15-41-2)27(39)6-7-28(40)37-11-9-36(10-12-37)20-22-18-26-29(43-22)31(38-13-16-42-17-14-38)34-30(33-26)23-4-3-5-25-24(23)19-32-35-25/h3-5,8,18-19H,6-7,9-17,20H2,1-2H3,(H,32,35)/b21-8+. The van der Waals surface area contributed by atoms with Crippen molar-refractivity contribution in [2.45, 2.75) is 26.3 Å². The summed E-state index contributed by atoms with van der Waals surface area (Å²) in [4.78, 5) is 43.0. The van der Waals surface area contributed by atoms with Gasteiger partial charge in [-0.2, -0.15) is 5.10 Å². The van der Waals surface area contributed by atoms with E-state index in [0.29, 0.717) is 44.3 Å². The van der Waals surface area contributed by atoms with E-state index in [1.165, 1.54) is 4.88 Å². The number of piperazine rings is 1. The van der Waals surface area contributed by atoms with Gasteiger partial charge >= 0.3 is 0 Å². The lowest BCUT2D eigenvalue weighted by Gasteiger charge is -2.34. The molecule has 0 aliphatic carbocycles. The number of hydrogen-bond acceptors (Lipinski definition) is 10. The topological polar surface area (TPSA) is 117 Å². The van der Waals surface area contributed by atoms with Crippen LogP contribution in [0.5, 0.6) is 0 Å². The minimum Gasteiger partial charge on any atom is -0.381 e. The number of benzene rings is 1. The molecule has 6 rings (SSSR count). The molecule has 0 unspecified atom stereocenters. The lowest BCUT2D eigenvalue weighted by atomic mass is 10.1. The molecule has 0 spiro atoms. The Labute approximate surface area is 254 Å². The molecular weight excluding hydrogens is 566 g/mol. The van der Waals surface area contributed by atoms with Gasteiger partial charge in [-0.05, 0) is 24.6 Å². The molecule has 0 saturated carbocycles. The average Bonchev–Trinajstić information content (AvgIpc) is 3.69. The third kappa shape index (κ3) is 6.62. The molecule has 5 heterocycles. The number of hydrogen-bond donors (Lipinski definition) is 1. The van der Waals surface area contributed by atoms with E-state index >= 15 is 0 Å². The number of methoxy groups -OCH3 is 1. The van der Waals surface area contributed by atoms with Crippen molar-refractivity contribution in [3.05, 3.63) is 47.0 Å². The summed E-state index contributed by atoms with van der Waals surface area (Å²) in [7, 11) is 1.59. The number of fused-ring (bicyclic) bond motifs is 2. The highest BCUT2D eigenvalue weighted by atomic mass is 32.1. The van der Waals surface area contributed by atoms with Crippen LogP contribution in [0.15, 0.2) is 42.1 Å². The summed E-state index contributed by atoms with van der Waals surface area (Å²) >= 11 is 1.75. The molecular formula is C31H37N7O4S. The predicted octanol–water partition coefficient (Wildman–Crippen LogP) is 3.66. The Hall–Kier alpha value is -3.71. The van der Waals surface area contributed by atoms with E-state index < -0.39 is 0 Å². The Morgan fingerprint density at radius 1 is 1.09 bits per heavy atom. The molecule has 0 bridgehead atoms. The van der Waals surface area contributed by atoms with Crippen molar-refractivity contribution >= 4 is 50.0 Å². The fourth-order valence-electron chi connectivity index (χ4n) is 5.59. The lowest BCUT2D eigenvalue weighted by Crippen LogP contribution is -2.48. The summed E-state index contributed by atoms with van der Waals surface area (Å²) in [5, 5.41) is 8.27. The smallest absolute Gasteiger partial charge is 0.223 e. The number of Topliss-reactive ketones (excluding diaryl/α,β-unsaturated/α-hetero) is 1. The molecule has 4 aromatic rings. The van der Waals surface area contributed by atoms with Gasteiger partial charge in [0.15, 0.2) is 17.4 Å². The number of rotatable bonds is 10. The second-order valence-electron chi connectivity index (χ2n) is 11.0. The fourth-order valence-corrected chi connectivity index (χ4v) is 6.74. The number of nitrogens with one attached hydrogen (secondary N) is 1. The van der Waals surface area contributed by atoms with Crippen LogP contribution in [0.1, 0.15) is 24.6 Å². The third-order valence-electron chi connectivity index (χ3n) is 8.11. The van der Waals surface area contributed by atoms with Gasteiger partial charge in [-0.15, -0.1) is 11.3 Å². The molecule has 12 heteroatoms. The Kier molecular flexibility index (Phi) is 9.08. The number of aromatic amines is 1. The van der Waals surface area contributed by atoms with E-state index in [9.17, 15) is 9.59 Å². The van der Waals surface area contributed by atoms with E-state index in [0.717, 1.165) is 65.2 Å². The van der Waals surface area contributed by atoms with Crippen LogP contribution in [-0.4, -0.2) is 108 Å². The van der Waals surface area contributed by atoms with E-state index in [1.807, 2.05) is 29.3 Å². The van der Waals surface area contributed by atoms with E-state index in [4.69, 9.17) is 19.4 Å². The zero-order valence-corrected chi connectivity index (χ0v) is 25.5. The van der Waals surface area contributed by atoms with Crippen molar-refractivity contribution in [1.82, 2.24) is 30.0 Å². The van der Waals surface area contributed by atoms with Crippen LogP contribution >= 0.6 is 11.3 Å². The number of nitrogens with zero attached hydrogens (tertiary/aromatic N) is 6. The van der Waals surface area contributed by atoms with Gasteiger partial charge in [0.25, 0.3) is 0 Å². The number of carbonyl (C=O) groups is 2. The molecule has 0 radical (unpaired) electrons. The maximum absolute atomic E-state index is 12.8. The zero-order chi connectivity index (χ0) is 29.8. The second kappa shape index (κ2) is 13.3. The normalized spacial score (nSPS) is 16.8. The van der Waals surface area contributed by atoms with Crippen LogP contribution in [0, 0.1) is 0 Å². The van der Waals surface area contributed by atoms with Gasteiger partial charge in [-0.3, -0.25) is 19.6 Å². The summed E-state index contributed by atoms with van der Waals surface area (Å²) in [5.74, 6) is 1.69. The number of ether oxygens (including phenoxy) is 2. The van der Waals surface area contributed by atoms with Gasteiger partial charge in [0.05, 0.1) is 41.8 Å². The molecule has 11 nitrogen and oxygen atoms in total. The first-order valence-corrected chi connectivity index (χ1v) is 15.6. The number of anilines is 1. The quantitative estimate of drug-likeness (QED) is 0.271. The number of allylic oxidation sites excluding steroid dienone is 1. The maximum Gasteiger partial charge on any atom is 0.223 e. The summed E-state index contributed by atoms with van der Waals surface area (Å²) in [5.41, 5.74) is 3.51. The predicted molar refractivity (Wildman–Crippen MR) is 167 cm³/mol. The van der Waals surface area contributed by atoms with E-state index in [1.54, 1.807) is 31.4 Å². The number of H-pyrrole nitrogens is 1. The summed E-state index contributed by atoms with van der Waals surface area (Å²) in [6, 6.07) is 8.24. The van der Waals surface area contributed by atoms with Crippen LogP contribution in [0.4, 0.5) is 5.82 Å². The molecule has 0 atom stereocenters. The highest BCUT2D eigenvalue weighted by Gasteiger charge is 2.24. The summed E-state index contributed by atoms with van der Waals surface area (Å²) < 4.78 is 11.7. The van der Waals surface area contributed by atoms with Crippen LogP contribution < -0.4 is 4.90 Å². The van der Waals surface area contributed by atoms with Gasteiger partial charge in [-0.25, -0.2) is 9.97 Å². The Morgan fingerprint density at radius 2 is 1.91 bits per heavy atom. The number of morpholine rings is 1. The minimum atomic E-state index is -0.00190. The molecule has 2 aliphatic heterocycles. The molecule has 2 fully saturated rings. The van der Waals surface area contributed by atoms with E-state index in [2.05, 4.69) is 26.1 Å². The van der Waals surface area contributed by atoms with Crippen molar-refractivity contribution in [2.75, 3.05) is 71.1 Å². The summed E-state index contributed by atoms with van der Waals surface area (Å²) in [6.07, 6.45) is 4.06. The minimum absolute atomic E-state index is 0.00190. The Morgan fingerprint density at radius 3 is 2.70 bits per heavy atom. The number of carbonyl (C=O) groups excluding carboxylic acids is 2. The zero-order valence-electron chi connectivity index (χ0n) is 24.7. The molecule has 226 valence electrons. The number of amides is 1. The molecule has 43 heavy (non-hydrogen) atoms. The first-order valence-electron chi connectivity index (χ1n) is 14.7. The molecule has 3 aromatic heterocycles. The van der Waals surface area contributed by atoms with Gasteiger partial charge in [-0.1, -0.05) is 18.2 Å². The Balaban J connectivity index is 1.15. The molecule has 1 amide bonds. The van der Waals surface area contributed by atoms with Crippen LogP contribution in [-0.2, 0) is 25.6 Å². The molecule has 2 aliphatic rings. The monoisotopic (exact) mass is 603 g/mol. The van der Waals surface area contributed by atoms with Crippen molar-refractivity contribution in [3.63, 3.8) is 0 Å². The van der Waals surface area contributed by atoms with Gasteiger partial charge in [0, 0.05) is 81.6 Å². The SMILES string of the molecule is COC/C=C(\C)C(=O)CCC(=O)N1CCN(Cc2cc3nc(-c4cccc5[nH]ncc45)nc(N4CCOCC4)c3s2)CC1. The van der Waals surface area contributed by atoms with Crippen molar-refractivity contribution in [1.29, 1.82) is 0 Å². The summed E-state index contributed by atoms with van der Waals surface area (Å²) in [6.45, 7) is 8.80. The van der Waals surface area contributed by atoms with Crippen LogP contribution in [0.2, 0.25) is 0 Å². The average molecular weight is 604 g/mol.